The van der Waals surface area contributed by atoms with Crippen LogP contribution in [0.2, 0.25) is 10.0 Å². The summed E-state index contributed by atoms with van der Waals surface area (Å²) in [5.74, 6) is -0.286. The number of likely N-dealkylation sites (tertiary alicyclic amines) is 1. The molecule has 2 rings (SSSR count). The molecule has 0 aliphatic carbocycles. The zero-order valence-electron chi connectivity index (χ0n) is 13.6. The van der Waals surface area contributed by atoms with Crippen LogP contribution in [0.3, 0.4) is 0 Å². The van der Waals surface area contributed by atoms with Gasteiger partial charge in [0.05, 0.1) is 5.92 Å². The highest BCUT2D eigenvalue weighted by molar-refractivity contribution is 6.35. The maximum atomic E-state index is 11.3. The Labute approximate surface area is 148 Å². The van der Waals surface area contributed by atoms with E-state index in [1.165, 1.54) is 0 Å². The Bertz CT molecular complexity index is 530. The smallest absolute Gasteiger partial charge is 0.306 e. The summed E-state index contributed by atoms with van der Waals surface area (Å²) >= 11 is 12.1. The average Bonchev–Trinajstić information content (AvgIpc) is 2.45. The molecule has 1 N–H and O–H groups in total. The summed E-state index contributed by atoms with van der Waals surface area (Å²) < 4.78 is 0. The summed E-state index contributed by atoms with van der Waals surface area (Å²) in [7, 11) is 0. The molecule has 1 aliphatic rings. The van der Waals surface area contributed by atoms with E-state index in [0.29, 0.717) is 10.9 Å². The predicted octanol–water partition coefficient (Wildman–Crippen LogP) is 4.75. The number of nitrogens with zero attached hydrogens (tertiary/aromatic N) is 1. The van der Waals surface area contributed by atoms with E-state index in [9.17, 15) is 9.90 Å². The van der Waals surface area contributed by atoms with Gasteiger partial charge in [-0.15, -0.1) is 0 Å². The van der Waals surface area contributed by atoms with E-state index in [1.807, 2.05) is 12.1 Å². The van der Waals surface area contributed by atoms with Gasteiger partial charge < -0.3 is 10.0 Å². The standard InChI is InChI=1S/C18H25Cl2NO2/c1-2-3-4-15(18(22)23)9-13-11-21(12-13)8-7-14-5-6-16(19)10-17(14)20/h5-6,10,13,15H,2-4,7-9,11-12H2,1H3,(H,22,23). The first kappa shape index (κ1) is 18.6. The van der Waals surface area contributed by atoms with E-state index >= 15 is 0 Å². The molecule has 0 radical (unpaired) electrons. The quantitative estimate of drug-likeness (QED) is 0.693. The molecule has 5 heteroatoms. The molecule has 1 aliphatic heterocycles. The molecule has 0 spiro atoms. The van der Waals surface area contributed by atoms with Gasteiger partial charge in [0, 0.05) is 29.7 Å². The van der Waals surface area contributed by atoms with Gasteiger partial charge >= 0.3 is 5.97 Å². The van der Waals surface area contributed by atoms with Crippen molar-refractivity contribution in [2.45, 2.75) is 39.0 Å². The minimum Gasteiger partial charge on any atom is -0.481 e. The van der Waals surface area contributed by atoms with Gasteiger partial charge in [0.15, 0.2) is 0 Å². The molecule has 1 saturated heterocycles. The van der Waals surface area contributed by atoms with Gasteiger partial charge in [0.1, 0.15) is 0 Å². The number of halogens is 2. The first-order valence-corrected chi connectivity index (χ1v) is 9.14. The first-order chi connectivity index (χ1) is 11.0. The molecule has 1 unspecified atom stereocenters. The molecular weight excluding hydrogens is 333 g/mol. The van der Waals surface area contributed by atoms with Crippen LogP contribution in [0, 0.1) is 11.8 Å². The van der Waals surface area contributed by atoms with Crippen molar-refractivity contribution in [2.24, 2.45) is 11.8 Å². The van der Waals surface area contributed by atoms with Crippen molar-refractivity contribution in [1.29, 1.82) is 0 Å². The minimum atomic E-state index is -0.634. The van der Waals surface area contributed by atoms with Crippen LogP contribution in [0.5, 0.6) is 0 Å². The molecule has 1 fully saturated rings. The van der Waals surface area contributed by atoms with Crippen molar-refractivity contribution in [2.75, 3.05) is 19.6 Å². The molecule has 0 amide bonds. The third-order valence-corrected chi connectivity index (χ3v) is 5.21. The number of hydrogen-bond donors (Lipinski definition) is 1. The second-order valence-corrected chi connectivity index (χ2v) is 7.37. The number of carbonyl (C=O) groups is 1. The number of unbranched alkanes of at least 4 members (excludes halogenated alkanes) is 1. The highest BCUT2D eigenvalue weighted by atomic mass is 35.5. The van der Waals surface area contributed by atoms with Crippen molar-refractivity contribution >= 4 is 29.2 Å². The van der Waals surface area contributed by atoms with Gasteiger partial charge in [0.25, 0.3) is 0 Å². The summed E-state index contributed by atoms with van der Waals surface area (Å²) in [5, 5.41) is 10.7. The fourth-order valence-electron chi connectivity index (χ4n) is 3.21. The third kappa shape index (κ3) is 5.66. The van der Waals surface area contributed by atoms with Gasteiger partial charge in [-0.25, -0.2) is 0 Å². The van der Waals surface area contributed by atoms with Crippen molar-refractivity contribution < 1.29 is 9.90 Å². The zero-order chi connectivity index (χ0) is 16.8. The van der Waals surface area contributed by atoms with Gasteiger partial charge in [-0.3, -0.25) is 4.79 Å². The zero-order valence-corrected chi connectivity index (χ0v) is 15.1. The Kier molecular flexibility index (Phi) is 7.19. The molecule has 1 heterocycles. The molecule has 0 bridgehead atoms. The van der Waals surface area contributed by atoms with Crippen LogP contribution >= 0.6 is 23.2 Å². The van der Waals surface area contributed by atoms with Crippen molar-refractivity contribution in [3.8, 4) is 0 Å². The molecule has 1 atom stereocenters. The Morgan fingerprint density at radius 2 is 2.13 bits per heavy atom. The van der Waals surface area contributed by atoms with E-state index in [4.69, 9.17) is 23.2 Å². The fraction of sp³-hybridized carbons (Fsp3) is 0.611. The Morgan fingerprint density at radius 1 is 1.39 bits per heavy atom. The van der Waals surface area contributed by atoms with E-state index in [0.717, 1.165) is 62.3 Å². The maximum Gasteiger partial charge on any atom is 0.306 e. The molecule has 1 aromatic rings. The Balaban J connectivity index is 1.71. The lowest BCUT2D eigenvalue weighted by Gasteiger charge is -2.40. The lowest BCUT2D eigenvalue weighted by molar-refractivity contribution is -0.143. The highest BCUT2D eigenvalue weighted by Crippen LogP contribution is 2.27. The number of carboxylic acid groups (broad SMARTS) is 1. The Morgan fingerprint density at radius 3 is 2.74 bits per heavy atom. The molecule has 23 heavy (non-hydrogen) atoms. The number of benzene rings is 1. The lowest BCUT2D eigenvalue weighted by atomic mass is 9.86. The first-order valence-electron chi connectivity index (χ1n) is 8.38. The largest absolute Gasteiger partial charge is 0.481 e. The number of rotatable bonds is 9. The number of hydrogen-bond acceptors (Lipinski definition) is 2. The van der Waals surface area contributed by atoms with Crippen LogP contribution in [0.25, 0.3) is 0 Å². The maximum absolute atomic E-state index is 11.3. The summed E-state index contributed by atoms with van der Waals surface area (Å²) in [6.45, 7) is 5.07. The Hall–Kier alpha value is -0.770. The van der Waals surface area contributed by atoms with E-state index in [-0.39, 0.29) is 5.92 Å². The minimum absolute atomic E-state index is 0.173. The van der Waals surface area contributed by atoms with Crippen LogP contribution in [-0.4, -0.2) is 35.6 Å². The normalized spacial score (nSPS) is 17.0. The summed E-state index contributed by atoms with van der Waals surface area (Å²) in [6.07, 6.45) is 4.59. The molecule has 0 saturated carbocycles. The SMILES string of the molecule is CCCCC(CC1CN(CCc2ccc(Cl)cc2Cl)C1)C(=O)O. The summed E-state index contributed by atoms with van der Waals surface area (Å²) in [5.41, 5.74) is 1.12. The van der Waals surface area contributed by atoms with Gasteiger partial charge in [-0.05, 0) is 42.9 Å². The van der Waals surface area contributed by atoms with Crippen LogP contribution < -0.4 is 0 Å². The molecule has 128 valence electrons. The van der Waals surface area contributed by atoms with E-state index < -0.39 is 5.97 Å². The van der Waals surface area contributed by atoms with Crippen LogP contribution in [0.1, 0.15) is 38.2 Å². The van der Waals surface area contributed by atoms with Gasteiger partial charge in [0.2, 0.25) is 0 Å². The topological polar surface area (TPSA) is 40.5 Å². The van der Waals surface area contributed by atoms with Crippen LogP contribution in [-0.2, 0) is 11.2 Å². The molecular formula is C18H25Cl2NO2. The van der Waals surface area contributed by atoms with Crippen molar-refractivity contribution in [3.05, 3.63) is 33.8 Å². The van der Waals surface area contributed by atoms with E-state index in [1.54, 1.807) is 6.07 Å². The second kappa shape index (κ2) is 8.91. The third-order valence-electron chi connectivity index (χ3n) is 4.62. The van der Waals surface area contributed by atoms with Crippen molar-refractivity contribution in [1.82, 2.24) is 4.90 Å². The number of carboxylic acids is 1. The molecule has 3 nitrogen and oxygen atoms in total. The highest BCUT2D eigenvalue weighted by Gasteiger charge is 2.30. The fourth-order valence-corrected chi connectivity index (χ4v) is 3.71. The van der Waals surface area contributed by atoms with Crippen LogP contribution in [0.15, 0.2) is 18.2 Å². The van der Waals surface area contributed by atoms with E-state index in [2.05, 4.69) is 11.8 Å². The van der Waals surface area contributed by atoms with Crippen LogP contribution in [0.4, 0.5) is 0 Å². The second-order valence-electron chi connectivity index (χ2n) is 6.52. The van der Waals surface area contributed by atoms with Crippen molar-refractivity contribution in [3.63, 3.8) is 0 Å². The molecule has 1 aromatic carbocycles. The van der Waals surface area contributed by atoms with Gasteiger partial charge in [-0.2, -0.15) is 0 Å². The monoisotopic (exact) mass is 357 g/mol. The molecule has 0 aromatic heterocycles. The van der Waals surface area contributed by atoms with Gasteiger partial charge in [-0.1, -0.05) is 49.0 Å². The number of aliphatic carboxylic acids is 1. The lowest BCUT2D eigenvalue weighted by Crippen LogP contribution is -2.48. The predicted molar refractivity (Wildman–Crippen MR) is 95.4 cm³/mol. The average molecular weight is 358 g/mol. The summed E-state index contributed by atoms with van der Waals surface area (Å²) in [6, 6.07) is 5.63. The summed E-state index contributed by atoms with van der Waals surface area (Å²) in [4.78, 5) is 13.7.